The van der Waals surface area contributed by atoms with Gasteiger partial charge in [0.15, 0.2) is 0 Å². The van der Waals surface area contributed by atoms with Gasteiger partial charge in [-0.2, -0.15) is 0 Å². The van der Waals surface area contributed by atoms with Crippen molar-refractivity contribution in [3.05, 3.63) is 254 Å². The van der Waals surface area contributed by atoms with Gasteiger partial charge < -0.3 is 0 Å². The van der Waals surface area contributed by atoms with Crippen molar-refractivity contribution in [2.45, 2.75) is 19.3 Å². The third kappa shape index (κ3) is 5.74. The molecule has 0 spiro atoms. The van der Waals surface area contributed by atoms with Crippen molar-refractivity contribution in [2.75, 3.05) is 0 Å². The first-order valence-electron chi connectivity index (χ1n) is 25.0. The Labute approximate surface area is 412 Å². The van der Waals surface area contributed by atoms with Crippen LogP contribution in [-0.4, -0.2) is 0 Å². The highest BCUT2D eigenvalue weighted by molar-refractivity contribution is 6.28. The van der Waals surface area contributed by atoms with Crippen molar-refractivity contribution in [3.8, 4) is 55.6 Å². The molecule has 0 unspecified atom stereocenters. The maximum atomic E-state index is 2.57. The lowest BCUT2D eigenvalue weighted by molar-refractivity contribution is 0.661. The smallest absolute Gasteiger partial charge is 0.0159 e. The van der Waals surface area contributed by atoms with Crippen molar-refractivity contribution in [2.24, 2.45) is 0 Å². The Morgan fingerprint density at radius 3 is 0.746 bits per heavy atom. The summed E-state index contributed by atoms with van der Waals surface area (Å²) in [5, 5.41) is 20.5. The first kappa shape index (κ1) is 40.1. The molecule has 0 heteroatoms. The second kappa shape index (κ2) is 15.1. The van der Waals surface area contributed by atoms with E-state index < -0.39 is 0 Å². The monoisotopic (exact) mass is 898 g/mol. The summed E-state index contributed by atoms with van der Waals surface area (Å²) in [5.41, 5.74) is 15.3. The average Bonchev–Trinajstić information content (AvgIpc) is 3.68. The van der Waals surface area contributed by atoms with Gasteiger partial charge in [0.25, 0.3) is 0 Å². The zero-order valence-electron chi connectivity index (χ0n) is 39.6. The highest BCUT2D eigenvalue weighted by Gasteiger charge is 2.39. The molecule has 0 fully saturated rings. The van der Waals surface area contributed by atoms with Gasteiger partial charge in [0.05, 0.1) is 0 Å². The van der Waals surface area contributed by atoms with Crippen molar-refractivity contribution < 1.29 is 0 Å². The molecule has 0 nitrogen and oxygen atoms in total. The predicted molar refractivity (Wildman–Crippen MR) is 306 cm³/mol. The lowest BCUT2D eigenvalue weighted by Gasteiger charge is -2.25. The van der Waals surface area contributed by atoms with Crippen LogP contribution in [0.25, 0.3) is 142 Å². The third-order valence-electron chi connectivity index (χ3n) is 16.2. The van der Waals surface area contributed by atoms with Gasteiger partial charge in [-0.25, -0.2) is 0 Å². The van der Waals surface area contributed by atoms with E-state index in [4.69, 9.17) is 0 Å². The highest BCUT2D eigenvalue weighted by Crippen LogP contribution is 2.58. The minimum absolute atomic E-state index is 0.309. The average molecular weight is 899 g/mol. The number of hydrogen-bond acceptors (Lipinski definition) is 0. The Morgan fingerprint density at radius 2 is 0.423 bits per heavy atom. The van der Waals surface area contributed by atoms with E-state index in [-0.39, 0.29) is 5.41 Å². The van der Waals surface area contributed by atoms with E-state index in [1.54, 1.807) is 0 Å². The summed E-state index contributed by atoms with van der Waals surface area (Å²) in [4.78, 5) is 0. The number of hydrogen-bond donors (Lipinski definition) is 0. The molecule has 0 amide bonds. The van der Waals surface area contributed by atoms with E-state index in [0.717, 1.165) is 0 Å². The Hall–Kier alpha value is -8.84. The predicted octanol–water partition coefficient (Wildman–Crippen LogP) is 19.9. The van der Waals surface area contributed by atoms with E-state index in [9.17, 15) is 0 Å². The molecule has 0 N–H and O–H groups in total. The molecule has 0 heterocycles. The zero-order chi connectivity index (χ0) is 47.0. The molecule has 0 aromatic heterocycles. The van der Waals surface area contributed by atoms with Crippen molar-refractivity contribution in [1.29, 1.82) is 0 Å². The molecule has 0 saturated carbocycles. The third-order valence-corrected chi connectivity index (χ3v) is 16.2. The van der Waals surface area contributed by atoms with Gasteiger partial charge in [0.2, 0.25) is 0 Å². The van der Waals surface area contributed by atoms with Crippen molar-refractivity contribution in [1.82, 2.24) is 0 Å². The molecule has 330 valence electrons. The van der Waals surface area contributed by atoms with E-state index in [0.29, 0.717) is 0 Å². The molecule has 0 aliphatic heterocycles. The topological polar surface area (TPSA) is 0 Å². The summed E-state index contributed by atoms with van der Waals surface area (Å²) >= 11 is 0. The van der Waals surface area contributed by atoms with Gasteiger partial charge in [-0.1, -0.05) is 220 Å². The molecule has 14 aromatic carbocycles. The van der Waals surface area contributed by atoms with Crippen LogP contribution >= 0.6 is 0 Å². The van der Waals surface area contributed by atoms with Gasteiger partial charge in [0.1, 0.15) is 0 Å². The molecule has 0 saturated heterocycles. The lowest BCUT2D eigenvalue weighted by Crippen LogP contribution is -2.15. The summed E-state index contributed by atoms with van der Waals surface area (Å²) in [6.07, 6.45) is 0. The van der Waals surface area contributed by atoms with Crippen LogP contribution in [0.4, 0.5) is 0 Å². The molecular weight excluding hydrogens is 853 g/mol. The summed E-state index contributed by atoms with van der Waals surface area (Å²) in [5.74, 6) is 0. The molecule has 0 bridgehead atoms. The van der Waals surface area contributed by atoms with Crippen LogP contribution in [0.2, 0.25) is 0 Å². The second-order valence-corrected chi connectivity index (χ2v) is 20.2. The molecule has 0 radical (unpaired) electrons. The van der Waals surface area contributed by atoms with Gasteiger partial charge in [0, 0.05) is 5.41 Å². The van der Waals surface area contributed by atoms with E-state index >= 15 is 0 Å². The van der Waals surface area contributed by atoms with Crippen LogP contribution in [0.15, 0.2) is 243 Å². The van der Waals surface area contributed by atoms with Crippen LogP contribution in [0, 0.1) is 0 Å². The molecule has 15 rings (SSSR count). The number of rotatable bonds is 4. The van der Waals surface area contributed by atoms with Gasteiger partial charge in [-0.05, 0) is 189 Å². The Kier molecular flexibility index (Phi) is 8.51. The van der Waals surface area contributed by atoms with Crippen LogP contribution in [0.1, 0.15) is 25.0 Å². The fourth-order valence-electron chi connectivity index (χ4n) is 12.9. The van der Waals surface area contributed by atoms with Crippen molar-refractivity contribution in [3.63, 3.8) is 0 Å². The fourth-order valence-corrected chi connectivity index (χ4v) is 12.9. The largest absolute Gasteiger partial charge is 0.0622 e. The van der Waals surface area contributed by atoms with Crippen LogP contribution in [0.5, 0.6) is 0 Å². The van der Waals surface area contributed by atoms with Crippen LogP contribution in [-0.2, 0) is 5.41 Å². The molecule has 71 heavy (non-hydrogen) atoms. The van der Waals surface area contributed by atoms with Gasteiger partial charge >= 0.3 is 0 Å². The Morgan fingerprint density at radius 1 is 0.197 bits per heavy atom. The van der Waals surface area contributed by atoms with Crippen LogP contribution < -0.4 is 0 Å². The standard InChI is InChI=1S/C71H46/c1-71(2)67-41-65(63-39-61-47-27-11-9-25-45(47)57(43-21-5-3-6-22-43)37-59(61)49-29-13-15-31-51(49)63)53-33-17-19-35-55(53)69(67)70-56-36-20-18-34-54(56)66(42-68(70)71)64-40-62-48-28-12-10-26-46(48)58(44-23-7-4-8-24-44)38-60(62)50-30-14-16-32-52(50)64/h3-42H,1-2H3. The Balaban J connectivity index is 0.995. The summed E-state index contributed by atoms with van der Waals surface area (Å²) in [7, 11) is 0. The summed E-state index contributed by atoms with van der Waals surface area (Å²) in [6.45, 7) is 4.92. The second-order valence-electron chi connectivity index (χ2n) is 20.2. The molecule has 1 aliphatic rings. The highest BCUT2D eigenvalue weighted by atomic mass is 14.4. The van der Waals surface area contributed by atoms with Crippen LogP contribution in [0.3, 0.4) is 0 Å². The first-order valence-corrected chi connectivity index (χ1v) is 25.0. The molecule has 14 aromatic rings. The maximum absolute atomic E-state index is 2.57. The fraction of sp³-hybridized carbons (Fsp3) is 0.0423. The normalized spacial score (nSPS) is 13.0. The molecule has 0 atom stereocenters. The maximum Gasteiger partial charge on any atom is 0.0159 e. The Bertz CT molecular complexity index is 4280. The van der Waals surface area contributed by atoms with E-state index in [2.05, 4.69) is 257 Å². The van der Waals surface area contributed by atoms with Gasteiger partial charge in [-0.3, -0.25) is 0 Å². The van der Waals surface area contributed by atoms with E-state index in [1.807, 2.05) is 0 Å². The lowest BCUT2D eigenvalue weighted by atomic mass is 9.78. The first-order chi connectivity index (χ1) is 35.0. The molecule has 1 aliphatic carbocycles. The number of benzene rings is 14. The van der Waals surface area contributed by atoms with Crippen molar-refractivity contribution >= 4 is 86.2 Å². The quantitative estimate of drug-likeness (QED) is 0.154. The summed E-state index contributed by atoms with van der Waals surface area (Å²) < 4.78 is 0. The zero-order valence-corrected chi connectivity index (χ0v) is 39.6. The molecular formula is C71H46. The summed E-state index contributed by atoms with van der Waals surface area (Å²) in [6, 6.07) is 91.3. The van der Waals surface area contributed by atoms with E-state index in [1.165, 1.54) is 153 Å². The van der Waals surface area contributed by atoms with Gasteiger partial charge in [-0.15, -0.1) is 0 Å². The minimum Gasteiger partial charge on any atom is -0.0622 e. The number of fused-ring (bicyclic) bond motifs is 17. The SMILES string of the molecule is CC1(C)c2cc(-c3cc4c5ccccc5c(-c5ccccc5)cc4c4ccccc34)c3ccccc3c2-c2c1cc(-c1cc3c4ccccc4c(-c4ccccc4)cc3c3ccccc13)c1ccccc21. The minimum atomic E-state index is -0.309.